The van der Waals surface area contributed by atoms with Crippen molar-refractivity contribution in [3.05, 3.63) is 35.1 Å². The lowest BCUT2D eigenvalue weighted by atomic mass is 9.90. The molecule has 2 aliphatic rings. The Kier molecular flexibility index (Phi) is 3.23. The number of rotatable bonds is 2. The lowest BCUT2D eigenvalue weighted by Crippen LogP contribution is -2.40. The summed E-state index contributed by atoms with van der Waals surface area (Å²) in [6.07, 6.45) is 2.18. The maximum atomic E-state index is 13.4. The predicted molar refractivity (Wildman–Crippen MR) is 74.5 cm³/mol. The largest absolute Gasteiger partial charge is 0.481 e. The number of carboxylic acid groups (broad SMARTS) is 1. The predicted octanol–water partition coefficient (Wildman–Crippen LogP) is 2.46. The summed E-state index contributed by atoms with van der Waals surface area (Å²) in [5.41, 5.74) is 0.995. The third-order valence-electron chi connectivity index (χ3n) is 4.82. The normalized spacial score (nSPS) is 23.1. The van der Waals surface area contributed by atoms with E-state index in [1.54, 1.807) is 17.9 Å². The van der Waals surface area contributed by atoms with Crippen LogP contribution in [0.1, 0.15) is 35.2 Å². The number of carboxylic acids is 1. The van der Waals surface area contributed by atoms with E-state index in [4.69, 9.17) is 5.11 Å². The minimum Gasteiger partial charge on any atom is -0.481 e. The minimum absolute atomic E-state index is 0.0968. The first-order valence-corrected chi connectivity index (χ1v) is 7.21. The van der Waals surface area contributed by atoms with Crippen LogP contribution in [0.15, 0.2) is 18.2 Å². The summed E-state index contributed by atoms with van der Waals surface area (Å²) in [6.45, 7) is 2.86. The van der Waals surface area contributed by atoms with Crippen LogP contribution in [-0.2, 0) is 4.79 Å². The molecule has 1 unspecified atom stereocenters. The van der Waals surface area contributed by atoms with Crippen LogP contribution in [0.2, 0.25) is 0 Å². The highest BCUT2D eigenvalue weighted by Gasteiger charge is 2.59. The first kappa shape index (κ1) is 14.0. The summed E-state index contributed by atoms with van der Waals surface area (Å²) in [4.78, 5) is 25.1. The molecular formula is C16H18FNO3. The highest BCUT2D eigenvalue weighted by Crippen LogP contribution is 2.59. The molecule has 1 heterocycles. The van der Waals surface area contributed by atoms with E-state index >= 15 is 0 Å². The van der Waals surface area contributed by atoms with Gasteiger partial charge < -0.3 is 10.0 Å². The molecule has 1 aromatic carbocycles. The molecule has 5 heteroatoms. The minimum atomic E-state index is -0.726. The Morgan fingerprint density at radius 1 is 1.29 bits per heavy atom. The number of nitrogens with zero attached hydrogens (tertiary/aromatic N) is 1. The van der Waals surface area contributed by atoms with Crippen molar-refractivity contribution in [3.8, 4) is 0 Å². The average Bonchev–Trinajstić information content (AvgIpc) is 3.12. The number of aliphatic carboxylic acids is 1. The molecule has 112 valence electrons. The van der Waals surface area contributed by atoms with Crippen LogP contribution in [0.5, 0.6) is 0 Å². The molecule has 0 bridgehead atoms. The molecule has 1 atom stereocenters. The first-order valence-electron chi connectivity index (χ1n) is 7.21. The molecule has 1 amide bonds. The molecule has 1 aliphatic carbocycles. The summed E-state index contributed by atoms with van der Waals surface area (Å²) >= 11 is 0. The van der Waals surface area contributed by atoms with Crippen LogP contribution >= 0.6 is 0 Å². The number of likely N-dealkylation sites (tertiary alicyclic amines) is 1. The summed E-state index contributed by atoms with van der Waals surface area (Å²) in [5.74, 6) is -1.54. The lowest BCUT2D eigenvalue weighted by molar-refractivity contribution is -0.139. The van der Waals surface area contributed by atoms with Crippen molar-refractivity contribution in [1.82, 2.24) is 4.90 Å². The third-order valence-corrected chi connectivity index (χ3v) is 4.82. The molecule has 1 aromatic rings. The Labute approximate surface area is 122 Å². The van der Waals surface area contributed by atoms with Crippen LogP contribution < -0.4 is 0 Å². The number of hydrogen-bond donors (Lipinski definition) is 1. The Morgan fingerprint density at radius 2 is 1.95 bits per heavy atom. The van der Waals surface area contributed by atoms with Gasteiger partial charge in [0, 0.05) is 18.7 Å². The number of aryl methyl sites for hydroxylation is 1. The van der Waals surface area contributed by atoms with Gasteiger partial charge in [0.25, 0.3) is 5.91 Å². The fraction of sp³-hybridized carbons (Fsp3) is 0.500. The topological polar surface area (TPSA) is 57.6 Å². The van der Waals surface area contributed by atoms with E-state index in [1.807, 2.05) is 0 Å². The zero-order chi connectivity index (χ0) is 15.2. The van der Waals surface area contributed by atoms with Crippen molar-refractivity contribution in [1.29, 1.82) is 0 Å². The van der Waals surface area contributed by atoms with Crippen molar-refractivity contribution in [2.45, 2.75) is 26.2 Å². The van der Waals surface area contributed by atoms with Gasteiger partial charge in [0.15, 0.2) is 0 Å². The maximum Gasteiger partial charge on any atom is 0.307 e. The van der Waals surface area contributed by atoms with Gasteiger partial charge in [-0.3, -0.25) is 9.59 Å². The summed E-state index contributed by atoms with van der Waals surface area (Å²) < 4.78 is 13.4. The molecule has 0 aromatic heterocycles. The second kappa shape index (κ2) is 4.83. The van der Waals surface area contributed by atoms with E-state index in [0.29, 0.717) is 18.7 Å². The summed E-state index contributed by atoms with van der Waals surface area (Å²) in [5, 5.41) is 9.06. The van der Waals surface area contributed by atoms with Crippen LogP contribution in [0.3, 0.4) is 0 Å². The highest BCUT2D eigenvalue weighted by molar-refractivity contribution is 5.94. The Hall–Kier alpha value is -1.91. The van der Waals surface area contributed by atoms with Gasteiger partial charge >= 0.3 is 5.97 Å². The third kappa shape index (κ3) is 2.52. The number of piperidine rings is 1. The Balaban J connectivity index is 1.67. The van der Waals surface area contributed by atoms with Gasteiger partial charge in [-0.15, -0.1) is 0 Å². The van der Waals surface area contributed by atoms with Gasteiger partial charge in [-0.2, -0.15) is 0 Å². The second-order valence-electron chi connectivity index (χ2n) is 6.27. The molecule has 1 saturated carbocycles. The quantitative estimate of drug-likeness (QED) is 0.910. The van der Waals surface area contributed by atoms with Crippen molar-refractivity contribution in [2.24, 2.45) is 11.3 Å². The fourth-order valence-corrected chi connectivity index (χ4v) is 3.45. The molecule has 0 radical (unpaired) electrons. The molecular weight excluding hydrogens is 273 g/mol. The fourth-order valence-electron chi connectivity index (χ4n) is 3.45. The molecule has 1 aliphatic heterocycles. The van der Waals surface area contributed by atoms with Gasteiger partial charge in [0.05, 0.1) is 5.92 Å². The van der Waals surface area contributed by atoms with Crippen LogP contribution in [0.25, 0.3) is 0 Å². The van der Waals surface area contributed by atoms with E-state index in [0.717, 1.165) is 24.8 Å². The van der Waals surface area contributed by atoms with Crippen molar-refractivity contribution in [2.75, 3.05) is 13.1 Å². The summed E-state index contributed by atoms with van der Waals surface area (Å²) in [7, 11) is 0. The maximum absolute atomic E-state index is 13.4. The molecule has 1 N–H and O–H groups in total. The lowest BCUT2D eigenvalue weighted by Gasteiger charge is -2.32. The number of halogens is 1. The van der Waals surface area contributed by atoms with E-state index < -0.39 is 11.8 Å². The molecule has 21 heavy (non-hydrogen) atoms. The van der Waals surface area contributed by atoms with Crippen molar-refractivity contribution in [3.63, 3.8) is 0 Å². The van der Waals surface area contributed by atoms with Crippen molar-refractivity contribution < 1.29 is 19.1 Å². The molecule has 1 spiro atoms. The summed E-state index contributed by atoms with van der Waals surface area (Å²) in [6, 6.07) is 4.34. The van der Waals surface area contributed by atoms with Gasteiger partial charge in [-0.1, -0.05) is 0 Å². The number of benzene rings is 1. The molecule has 1 saturated heterocycles. The van der Waals surface area contributed by atoms with Crippen LogP contribution in [0.4, 0.5) is 4.39 Å². The van der Waals surface area contributed by atoms with E-state index in [9.17, 15) is 14.0 Å². The zero-order valence-electron chi connectivity index (χ0n) is 11.9. The number of carbonyl (C=O) groups excluding carboxylic acids is 1. The Morgan fingerprint density at radius 3 is 2.48 bits per heavy atom. The average molecular weight is 291 g/mol. The van der Waals surface area contributed by atoms with E-state index in [-0.39, 0.29) is 17.2 Å². The van der Waals surface area contributed by atoms with Gasteiger partial charge in [0.2, 0.25) is 0 Å². The van der Waals surface area contributed by atoms with Crippen molar-refractivity contribution >= 4 is 11.9 Å². The van der Waals surface area contributed by atoms with Gasteiger partial charge in [-0.25, -0.2) is 4.39 Å². The highest BCUT2D eigenvalue weighted by atomic mass is 19.1. The number of carbonyl (C=O) groups is 2. The standard InChI is InChI=1S/C16H18FNO3/c1-10-6-11(8-12(17)7-10)14(19)18-4-2-16(3-5-18)9-13(16)15(20)21/h6-8,13H,2-5,9H2,1H3,(H,20,21). The monoisotopic (exact) mass is 291 g/mol. The van der Waals surface area contributed by atoms with Crippen LogP contribution in [-0.4, -0.2) is 35.0 Å². The van der Waals surface area contributed by atoms with E-state index in [2.05, 4.69) is 0 Å². The second-order valence-corrected chi connectivity index (χ2v) is 6.27. The van der Waals surface area contributed by atoms with E-state index in [1.165, 1.54) is 12.1 Å². The zero-order valence-corrected chi connectivity index (χ0v) is 11.9. The molecule has 3 rings (SSSR count). The smallest absolute Gasteiger partial charge is 0.307 e. The van der Waals surface area contributed by atoms with Gasteiger partial charge in [-0.05, 0) is 55.4 Å². The van der Waals surface area contributed by atoms with Gasteiger partial charge in [0.1, 0.15) is 5.82 Å². The first-order chi connectivity index (χ1) is 9.91. The molecule has 4 nitrogen and oxygen atoms in total. The number of amides is 1. The van der Waals surface area contributed by atoms with Crippen LogP contribution in [0, 0.1) is 24.1 Å². The number of hydrogen-bond acceptors (Lipinski definition) is 2. The SMILES string of the molecule is Cc1cc(F)cc(C(=O)N2CCC3(CC2)CC3C(=O)O)c1. The Bertz CT molecular complexity index is 585. The molecule has 2 fully saturated rings.